The minimum absolute atomic E-state index is 0.111. The summed E-state index contributed by atoms with van der Waals surface area (Å²) >= 11 is 0. The number of ether oxygens (including phenoxy) is 1. The van der Waals surface area contributed by atoms with E-state index in [0.717, 1.165) is 26.1 Å². The summed E-state index contributed by atoms with van der Waals surface area (Å²) in [7, 11) is -2.15. The Morgan fingerprint density at radius 1 is 1.33 bits per heavy atom. The minimum Gasteiger partial charge on any atom is -0.399 e. The van der Waals surface area contributed by atoms with Crippen molar-refractivity contribution in [3.8, 4) is 0 Å². The summed E-state index contributed by atoms with van der Waals surface area (Å²) in [6.45, 7) is 4.39. The molecule has 0 aromatic heterocycles. The second-order valence-corrected chi connectivity index (χ2v) is 7.59. The van der Waals surface area contributed by atoms with Crippen LogP contribution in [-0.2, 0) is 14.8 Å². The Morgan fingerprint density at radius 3 is 2.62 bits per heavy atom. The van der Waals surface area contributed by atoms with Crippen molar-refractivity contribution in [1.82, 2.24) is 4.72 Å². The van der Waals surface area contributed by atoms with E-state index in [1.807, 2.05) is 0 Å². The molecule has 0 radical (unpaired) electrons. The van der Waals surface area contributed by atoms with Crippen LogP contribution in [0.2, 0.25) is 0 Å². The summed E-state index contributed by atoms with van der Waals surface area (Å²) < 4.78 is 31.9. The average Bonchev–Trinajstić information content (AvgIpc) is 2.47. The van der Waals surface area contributed by atoms with Gasteiger partial charge in [-0.05, 0) is 43.5 Å². The summed E-state index contributed by atoms with van der Waals surface area (Å²) in [5.41, 5.74) is 6.82. The maximum atomic E-state index is 12.1. The van der Waals surface area contributed by atoms with Gasteiger partial charge in [0.15, 0.2) is 0 Å². The summed E-state index contributed by atoms with van der Waals surface area (Å²) in [4.78, 5) is 0.181. The van der Waals surface area contributed by atoms with Crippen LogP contribution in [0.5, 0.6) is 0 Å². The number of nitrogens with two attached hydrogens (primary N) is 1. The predicted molar refractivity (Wildman–Crippen MR) is 83.7 cm³/mol. The highest BCUT2D eigenvalue weighted by Gasteiger charge is 2.28. The summed E-state index contributed by atoms with van der Waals surface area (Å²) in [5.74, 6) is 0. The van der Waals surface area contributed by atoms with E-state index in [0.29, 0.717) is 17.9 Å². The first-order valence-corrected chi connectivity index (χ1v) is 8.49. The van der Waals surface area contributed by atoms with Crippen molar-refractivity contribution >= 4 is 21.4 Å². The van der Waals surface area contributed by atoms with Crippen molar-refractivity contribution < 1.29 is 13.2 Å². The van der Waals surface area contributed by atoms with Crippen LogP contribution in [0.15, 0.2) is 23.1 Å². The molecule has 0 amide bonds. The normalized spacial score (nSPS) is 18.4. The van der Waals surface area contributed by atoms with Gasteiger partial charge in [0, 0.05) is 25.4 Å². The number of nitrogens with one attached hydrogen (secondary N) is 2. The maximum absolute atomic E-state index is 12.1. The van der Waals surface area contributed by atoms with E-state index in [2.05, 4.69) is 17.0 Å². The van der Waals surface area contributed by atoms with Crippen molar-refractivity contribution in [3.63, 3.8) is 0 Å². The van der Waals surface area contributed by atoms with Crippen LogP contribution >= 0.6 is 0 Å². The molecule has 0 saturated carbocycles. The van der Waals surface area contributed by atoms with Gasteiger partial charge in [0.25, 0.3) is 0 Å². The number of hydrogen-bond acceptors (Lipinski definition) is 5. The zero-order chi connectivity index (χ0) is 15.5. The van der Waals surface area contributed by atoms with Gasteiger partial charge >= 0.3 is 0 Å². The lowest BCUT2D eigenvalue weighted by Gasteiger charge is -2.34. The lowest BCUT2D eigenvalue weighted by molar-refractivity contribution is 0.0300. The Balaban J connectivity index is 2.20. The van der Waals surface area contributed by atoms with Crippen LogP contribution in [0.4, 0.5) is 11.4 Å². The molecule has 1 fully saturated rings. The SMILES string of the molecule is CNS(=O)(=O)c1cc(N)ccc1NCC1(C)CCOCC1. The summed E-state index contributed by atoms with van der Waals surface area (Å²) in [6.07, 6.45) is 1.92. The van der Waals surface area contributed by atoms with Crippen molar-refractivity contribution in [2.24, 2.45) is 5.41 Å². The average molecular weight is 313 g/mol. The molecular weight excluding hydrogens is 290 g/mol. The molecule has 1 aromatic carbocycles. The highest BCUT2D eigenvalue weighted by atomic mass is 32.2. The third-order valence-electron chi connectivity index (χ3n) is 3.97. The van der Waals surface area contributed by atoms with Gasteiger partial charge in [0.05, 0.1) is 5.69 Å². The molecule has 1 aliphatic heterocycles. The van der Waals surface area contributed by atoms with Crippen molar-refractivity contribution in [2.45, 2.75) is 24.7 Å². The molecule has 4 N–H and O–H groups in total. The molecule has 0 aliphatic carbocycles. The zero-order valence-corrected chi connectivity index (χ0v) is 13.3. The molecule has 21 heavy (non-hydrogen) atoms. The van der Waals surface area contributed by atoms with E-state index in [9.17, 15) is 8.42 Å². The highest BCUT2D eigenvalue weighted by Crippen LogP contribution is 2.31. The molecule has 0 bridgehead atoms. The Kier molecular flexibility index (Phi) is 4.75. The number of sulfonamides is 1. The third kappa shape index (κ3) is 3.87. The van der Waals surface area contributed by atoms with Crippen LogP contribution in [0.1, 0.15) is 19.8 Å². The lowest BCUT2D eigenvalue weighted by Crippen LogP contribution is -2.33. The Hall–Kier alpha value is -1.31. The molecule has 118 valence electrons. The molecular formula is C14H23N3O3S. The van der Waals surface area contributed by atoms with Crippen LogP contribution < -0.4 is 15.8 Å². The monoisotopic (exact) mass is 313 g/mol. The standard InChI is InChI=1S/C14H23N3O3S/c1-14(5-7-20-8-6-14)10-17-12-4-3-11(15)9-13(12)21(18,19)16-2/h3-4,9,16-17H,5-8,10,15H2,1-2H3. The number of nitrogen functional groups attached to an aromatic ring is 1. The van der Waals surface area contributed by atoms with E-state index in [1.165, 1.54) is 13.1 Å². The second-order valence-electron chi connectivity index (χ2n) is 5.74. The van der Waals surface area contributed by atoms with Gasteiger partial charge in [0.2, 0.25) is 10.0 Å². The Labute approximate surface area is 126 Å². The smallest absolute Gasteiger partial charge is 0.242 e. The summed E-state index contributed by atoms with van der Waals surface area (Å²) in [5, 5.41) is 3.26. The Morgan fingerprint density at radius 2 is 2.00 bits per heavy atom. The number of hydrogen-bond donors (Lipinski definition) is 3. The molecule has 1 aromatic rings. The first-order valence-electron chi connectivity index (χ1n) is 7.01. The fourth-order valence-corrected chi connectivity index (χ4v) is 3.31. The fourth-order valence-electron chi connectivity index (χ4n) is 2.37. The quantitative estimate of drug-likeness (QED) is 0.715. The largest absolute Gasteiger partial charge is 0.399 e. The fraction of sp³-hybridized carbons (Fsp3) is 0.571. The van der Waals surface area contributed by atoms with Crippen LogP contribution in [0, 0.1) is 5.41 Å². The van der Waals surface area contributed by atoms with Crippen molar-refractivity contribution in [2.75, 3.05) is 37.9 Å². The molecule has 6 nitrogen and oxygen atoms in total. The third-order valence-corrected chi connectivity index (χ3v) is 5.42. The summed E-state index contributed by atoms with van der Waals surface area (Å²) in [6, 6.07) is 4.88. The van der Waals surface area contributed by atoms with Gasteiger partial charge in [0.1, 0.15) is 4.90 Å². The topological polar surface area (TPSA) is 93.5 Å². The molecule has 1 heterocycles. The van der Waals surface area contributed by atoms with E-state index in [-0.39, 0.29) is 10.3 Å². The molecule has 0 spiro atoms. The van der Waals surface area contributed by atoms with Gasteiger partial charge in [-0.1, -0.05) is 6.92 Å². The maximum Gasteiger partial charge on any atom is 0.242 e. The molecule has 1 saturated heterocycles. The molecule has 0 atom stereocenters. The molecule has 1 aliphatic rings. The van der Waals surface area contributed by atoms with Crippen molar-refractivity contribution in [3.05, 3.63) is 18.2 Å². The second kappa shape index (κ2) is 6.21. The van der Waals surface area contributed by atoms with Gasteiger partial charge < -0.3 is 15.8 Å². The van der Waals surface area contributed by atoms with E-state index >= 15 is 0 Å². The van der Waals surface area contributed by atoms with Crippen LogP contribution in [-0.4, -0.2) is 35.2 Å². The number of anilines is 2. The van der Waals surface area contributed by atoms with E-state index in [1.54, 1.807) is 12.1 Å². The zero-order valence-electron chi connectivity index (χ0n) is 12.5. The number of rotatable bonds is 5. The van der Waals surface area contributed by atoms with E-state index < -0.39 is 10.0 Å². The van der Waals surface area contributed by atoms with Gasteiger partial charge in [-0.25, -0.2) is 13.1 Å². The molecule has 7 heteroatoms. The van der Waals surface area contributed by atoms with Crippen LogP contribution in [0.3, 0.4) is 0 Å². The van der Waals surface area contributed by atoms with Crippen LogP contribution in [0.25, 0.3) is 0 Å². The van der Waals surface area contributed by atoms with Crippen molar-refractivity contribution in [1.29, 1.82) is 0 Å². The Bertz CT molecular complexity index is 595. The van der Waals surface area contributed by atoms with E-state index in [4.69, 9.17) is 10.5 Å². The molecule has 0 unspecified atom stereocenters. The first-order chi connectivity index (χ1) is 9.86. The minimum atomic E-state index is -3.54. The lowest BCUT2D eigenvalue weighted by atomic mass is 9.82. The van der Waals surface area contributed by atoms with Gasteiger partial charge in [-0.3, -0.25) is 0 Å². The first kappa shape index (κ1) is 16.1. The predicted octanol–water partition coefficient (Wildman–Crippen LogP) is 1.41. The van der Waals surface area contributed by atoms with Gasteiger partial charge in [-0.2, -0.15) is 0 Å². The van der Waals surface area contributed by atoms with Gasteiger partial charge in [-0.15, -0.1) is 0 Å². The highest BCUT2D eigenvalue weighted by molar-refractivity contribution is 7.89. The number of benzene rings is 1. The molecule has 2 rings (SSSR count).